The number of hydrogen-bond acceptors (Lipinski definition) is 1. The lowest BCUT2D eigenvalue weighted by molar-refractivity contribution is 0.416. The SMILES string of the molecule is C=CC(NC)C(C)(C)c1ccc(F)cc1. The van der Waals surface area contributed by atoms with Gasteiger partial charge in [-0.25, -0.2) is 4.39 Å². The third-order valence-electron chi connectivity index (χ3n) is 2.91. The van der Waals surface area contributed by atoms with Crippen molar-refractivity contribution < 1.29 is 4.39 Å². The molecule has 15 heavy (non-hydrogen) atoms. The Hall–Kier alpha value is -1.15. The fraction of sp³-hybridized carbons (Fsp3) is 0.385. The van der Waals surface area contributed by atoms with Gasteiger partial charge in [-0.3, -0.25) is 0 Å². The number of nitrogens with one attached hydrogen (secondary N) is 1. The molecular formula is C13H18FN. The molecule has 0 fully saturated rings. The van der Waals surface area contributed by atoms with Crippen LogP contribution in [0.2, 0.25) is 0 Å². The summed E-state index contributed by atoms with van der Waals surface area (Å²) in [6, 6.07) is 6.80. The molecule has 1 aromatic carbocycles. The summed E-state index contributed by atoms with van der Waals surface area (Å²) in [5.74, 6) is -0.200. The molecule has 1 atom stereocenters. The second-order valence-electron chi connectivity index (χ2n) is 4.23. The molecule has 1 rings (SSSR count). The Morgan fingerprint density at radius 2 is 1.87 bits per heavy atom. The predicted molar refractivity (Wildman–Crippen MR) is 62.5 cm³/mol. The molecule has 0 radical (unpaired) electrons. The average Bonchev–Trinajstić information content (AvgIpc) is 2.19. The molecule has 1 N–H and O–H groups in total. The second kappa shape index (κ2) is 4.58. The van der Waals surface area contributed by atoms with E-state index in [1.807, 2.05) is 25.3 Å². The summed E-state index contributed by atoms with van der Waals surface area (Å²) in [6.07, 6.45) is 1.88. The number of rotatable bonds is 4. The van der Waals surface area contributed by atoms with Gasteiger partial charge in [0.1, 0.15) is 5.82 Å². The van der Waals surface area contributed by atoms with Crippen LogP contribution >= 0.6 is 0 Å². The number of likely N-dealkylation sites (N-methyl/N-ethyl adjacent to an activating group) is 1. The smallest absolute Gasteiger partial charge is 0.123 e. The Labute approximate surface area is 91.0 Å². The molecule has 0 heterocycles. The molecular weight excluding hydrogens is 189 g/mol. The fourth-order valence-electron chi connectivity index (χ4n) is 1.83. The van der Waals surface area contributed by atoms with Crippen LogP contribution in [0.15, 0.2) is 36.9 Å². The molecule has 0 aliphatic carbocycles. The van der Waals surface area contributed by atoms with Gasteiger partial charge in [-0.1, -0.05) is 32.1 Å². The van der Waals surface area contributed by atoms with E-state index in [1.54, 1.807) is 0 Å². The maximum absolute atomic E-state index is 12.8. The summed E-state index contributed by atoms with van der Waals surface area (Å²) in [5, 5.41) is 3.19. The first-order chi connectivity index (χ1) is 7.02. The minimum atomic E-state index is -0.200. The quantitative estimate of drug-likeness (QED) is 0.749. The van der Waals surface area contributed by atoms with Crippen LogP contribution in [0.4, 0.5) is 4.39 Å². The molecule has 0 saturated carbocycles. The Kier molecular flexibility index (Phi) is 3.64. The zero-order valence-corrected chi connectivity index (χ0v) is 9.55. The Morgan fingerprint density at radius 3 is 2.27 bits per heavy atom. The lowest BCUT2D eigenvalue weighted by atomic mass is 9.78. The summed E-state index contributed by atoms with van der Waals surface area (Å²) in [5.41, 5.74) is 1.01. The first-order valence-electron chi connectivity index (χ1n) is 5.08. The van der Waals surface area contributed by atoms with Crippen LogP contribution in [0.5, 0.6) is 0 Å². The van der Waals surface area contributed by atoms with Crippen LogP contribution in [0.1, 0.15) is 19.4 Å². The molecule has 0 amide bonds. The Bertz CT molecular complexity index is 327. The van der Waals surface area contributed by atoms with Crippen LogP contribution in [-0.4, -0.2) is 13.1 Å². The maximum atomic E-state index is 12.8. The highest BCUT2D eigenvalue weighted by atomic mass is 19.1. The Balaban J connectivity index is 3.03. The second-order valence-corrected chi connectivity index (χ2v) is 4.23. The normalized spacial score (nSPS) is 13.6. The molecule has 0 spiro atoms. The van der Waals surface area contributed by atoms with Crippen molar-refractivity contribution in [3.63, 3.8) is 0 Å². The van der Waals surface area contributed by atoms with Gasteiger partial charge in [0.25, 0.3) is 0 Å². The minimum absolute atomic E-state index is 0.0931. The third-order valence-corrected chi connectivity index (χ3v) is 2.91. The molecule has 0 saturated heterocycles. The van der Waals surface area contributed by atoms with E-state index in [9.17, 15) is 4.39 Å². The van der Waals surface area contributed by atoms with E-state index in [0.717, 1.165) is 5.56 Å². The third kappa shape index (κ3) is 2.45. The van der Waals surface area contributed by atoms with Crippen molar-refractivity contribution in [2.24, 2.45) is 0 Å². The summed E-state index contributed by atoms with van der Waals surface area (Å²) < 4.78 is 12.8. The summed E-state index contributed by atoms with van der Waals surface area (Å²) >= 11 is 0. The van der Waals surface area contributed by atoms with Crippen molar-refractivity contribution in [2.75, 3.05) is 7.05 Å². The maximum Gasteiger partial charge on any atom is 0.123 e. The van der Waals surface area contributed by atoms with Crippen molar-refractivity contribution in [3.8, 4) is 0 Å². The molecule has 1 aromatic rings. The number of hydrogen-bond donors (Lipinski definition) is 1. The van der Waals surface area contributed by atoms with Gasteiger partial charge in [0, 0.05) is 11.5 Å². The summed E-state index contributed by atoms with van der Waals surface area (Å²) in [7, 11) is 1.90. The molecule has 1 nitrogen and oxygen atoms in total. The van der Waals surface area contributed by atoms with E-state index in [0.29, 0.717) is 0 Å². The molecule has 1 unspecified atom stereocenters. The van der Waals surface area contributed by atoms with E-state index in [-0.39, 0.29) is 17.3 Å². The van der Waals surface area contributed by atoms with Gasteiger partial charge in [0.2, 0.25) is 0 Å². The van der Waals surface area contributed by atoms with Crippen molar-refractivity contribution in [3.05, 3.63) is 48.3 Å². The summed E-state index contributed by atoms with van der Waals surface area (Å²) in [4.78, 5) is 0. The lowest BCUT2D eigenvalue weighted by Gasteiger charge is -2.32. The zero-order chi connectivity index (χ0) is 11.5. The van der Waals surface area contributed by atoms with Crippen molar-refractivity contribution >= 4 is 0 Å². The van der Waals surface area contributed by atoms with Gasteiger partial charge in [-0.05, 0) is 24.7 Å². The van der Waals surface area contributed by atoms with E-state index in [2.05, 4.69) is 25.7 Å². The van der Waals surface area contributed by atoms with Crippen LogP contribution in [0.3, 0.4) is 0 Å². The number of halogens is 1. The topological polar surface area (TPSA) is 12.0 Å². The predicted octanol–water partition coefficient (Wildman–Crippen LogP) is 2.88. The molecule has 82 valence electrons. The van der Waals surface area contributed by atoms with Crippen LogP contribution in [0.25, 0.3) is 0 Å². The van der Waals surface area contributed by atoms with Crippen LogP contribution < -0.4 is 5.32 Å². The van der Waals surface area contributed by atoms with Crippen molar-refractivity contribution in [1.29, 1.82) is 0 Å². The first-order valence-corrected chi connectivity index (χ1v) is 5.08. The highest BCUT2D eigenvalue weighted by molar-refractivity contribution is 5.28. The molecule has 0 aromatic heterocycles. The van der Waals surface area contributed by atoms with Crippen LogP contribution in [0, 0.1) is 5.82 Å². The number of benzene rings is 1. The van der Waals surface area contributed by atoms with Gasteiger partial charge >= 0.3 is 0 Å². The average molecular weight is 207 g/mol. The standard InChI is InChI=1S/C13H18FN/c1-5-12(15-4)13(2,3)10-6-8-11(14)9-7-10/h5-9,12,15H,1H2,2-4H3. The largest absolute Gasteiger partial charge is 0.313 e. The van der Waals surface area contributed by atoms with E-state index < -0.39 is 0 Å². The summed E-state index contributed by atoms with van der Waals surface area (Å²) in [6.45, 7) is 8.03. The van der Waals surface area contributed by atoms with Gasteiger partial charge < -0.3 is 5.32 Å². The van der Waals surface area contributed by atoms with E-state index >= 15 is 0 Å². The molecule has 0 bridgehead atoms. The molecule has 2 heteroatoms. The minimum Gasteiger partial charge on any atom is -0.313 e. The van der Waals surface area contributed by atoms with Crippen molar-refractivity contribution in [1.82, 2.24) is 5.32 Å². The molecule has 0 aliphatic rings. The zero-order valence-electron chi connectivity index (χ0n) is 9.55. The van der Waals surface area contributed by atoms with E-state index in [1.165, 1.54) is 12.1 Å². The fourth-order valence-corrected chi connectivity index (χ4v) is 1.83. The highest BCUT2D eigenvalue weighted by Crippen LogP contribution is 2.27. The van der Waals surface area contributed by atoms with Gasteiger partial charge in [-0.15, -0.1) is 6.58 Å². The van der Waals surface area contributed by atoms with Crippen molar-refractivity contribution in [2.45, 2.75) is 25.3 Å². The lowest BCUT2D eigenvalue weighted by Crippen LogP contribution is -2.41. The Morgan fingerprint density at radius 1 is 1.33 bits per heavy atom. The molecule has 0 aliphatic heterocycles. The van der Waals surface area contributed by atoms with Gasteiger partial charge in [-0.2, -0.15) is 0 Å². The first kappa shape index (κ1) is 11.9. The highest BCUT2D eigenvalue weighted by Gasteiger charge is 2.27. The van der Waals surface area contributed by atoms with Gasteiger partial charge in [0.15, 0.2) is 0 Å². The monoisotopic (exact) mass is 207 g/mol. The van der Waals surface area contributed by atoms with E-state index in [4.69, 9.17) is 0 Å². The van der Waals surface area contributed by atoms with Crippen LogP contribution in [-0.2, 0) is 5.41 Å². The van der Waals surface area contributed by atoms with Gasteiger partial charge in [0.05, 0.1) is 0 Å².